The molecule has 124 valence electrons. The molecule has 7 nitrogen and oxygen atoms in total. The van der Waals surface area contributed by atoms with Gasteiger partial charge in [-0.15, -0.1) is 0 Å². The summed E-state index contributed by atoms with van der Waals surface area (Å²) in [4.78, 5) is 37.7. The Labute approximate surface area is 130 Å². The van der Waals surface area contributed by atoms with Gasteiger partial charge in [0.1, 0.15) is 6.10 Å². The van der Waals surface area contributed by atoms with Gasteiger partial charge in [-0.3, -0.25) is 19.8 Å². The number of carbonyl (C=O) groups excluding carboxylic acids is 3. The molecule has 0 unspecified atom stereocenters. The molecule has 0 spiro atoms. The first-order valence-corrected chi connectivity index (χ1v) is 7.89. The molecule has 0 aromatic rings. The summed E-state index contributed by atoms with van der Waals surface area (Å²) in [6, 6.07) is -1.01. The number of hydrogen-bond donors (Lipinski definition) is 2. The second kappa shape index (κ2) is 7.19. The Balaban J connectivity index is 1.85. The van der Waals surface area contributed by atoms with E-state index in [-0.39, 0.29) is 23.7 Å². The number of amides is 3. The molecular weight excluding hydrogens is 286 g/mol. The van der Waals surface area contributed by atoms with Crippen LogP contribution in [0.2, 0.25) is 0 Å². The molecule has 0 bridgehead atoms. The summed E-state index contributed by atoms with van der Waals surface area (Å²) in [5, 5.41) is 4.94. The van der Waals surface area contributed by atoms with Crippen LogP contribution in [0.25, 0.3) is 0 Å². The van der Waals surface area contributed by atoms with Crippen molar-refractivity contribution in [2.75, 3.05) is 19.7 Å². The van der Waals surface area contributed by atoms with Gasteiger partial charge in [-0.05, 0) is 33.6 Å². The Kier molecular flexibility index (Phi) is 5.52. The maximum atomic E-state index is 12.1. The number of imide groups is 1. The number of urea groups is 1. The van der Waals surface area contributed by atoms with Gasteiger partial charge in [0, 0.05) is 25.0 Å². The van der Waals surface area contributed by atoms with Gasteiger partial charge in [-0.1, -0.05) is 0 Å². The molecular formula is C15H25N3O4. The first-order chi connectivity index (χ1) is 10.4. The lowest BCUT2D eigenvalue weighted by atomic mass is 10.1. The molecule has 1 saturated carbocycles. The fourth-order valence-corrected chi connectivity index (χ4v) is 2.50. The Morgan fingerprint density at radius 3 is 2.45 bits per heavy atom. The van der Waals surface area contributed by atoms with Crippen LogP contribution in [0.4, 0.5) is 4.79 Å². The van der Waals surface area contributed by atoms with Crippen molar-refractivity contribution < 1.29 is 19.1 Å². The predicted octanol–water partition coefficient (Wildman–Crippen LogP) is 0.289. The molecule has 0 radical (unpaired) electrons. The molecule has 0 aromatic carbocycles. The van der Waals surface area contributed by atoms with Crippen molar-refractivity contribution in [3.8, 4) is 0 Å². The minimum Gasteiger partial charge on any atom is -0.368 e. The van der Waals surface area contributed by atoms with Crippen LogP contribution in [0, 0.1) is 5.92 Å². The summed E-state index contributed by atoms with van der Waals surface area (Å²) in [6.07, 6.45) is 1.45. The van der Waals surface area contributed by atoms with E-state index >= 15 is 0 Å². The molecule has 2 N–H and O–H groups in total. The van der Waals surface area contributed by atoms with E-state index in [9.17, 15) is 14.4 Å². The monoisotopic (exact) mass is 311 g/mol. The third-order valence-corrected chi connectivity index (χ3v) is 3.98. The number of rotatable bonds is 5. The predicted molar refractivity (Wildman–Crippen MR) is 80.3 cm³/mol. The highest BCUT2D eigenvalue weighted by Crippen LogP contribution is 2.32. The van der Waals surface area contributed by atoms with Gasteiger partial charge < -0.3 is 10.1 Å². The number of nitrogens with zero attached hydrogens (tertiary/aromatic N) is 1. The topological polar surface area (TPSA) is 87.7 Å². The minimum absolute atomic E-state index is 0.0352. The normalized spacial score (nSPS) is 23.9. The molecule has 1 heterocycles. The highest BCUT2D eigenvalue weighted by atomic mass is 16.5. The summed E-state index contributed by atoms with van der Waals surface area (Å²) in [5.41, 5.74) is 0. The van der Waals surface area contributed by atoms with Gasteiger partial charge >= 0.3 is 6.03 Å². The van der Waals surface area contributed by atoms with Crippen molar-refractivity contribution in [2.45, 2.75) is 51.8 Å². The molecule has 2 atom stereocenters. The average Bonchev–Trinajstić information content (AvgIpc) is 3.29. The number of carbonyl (C=O) groups is 3. The molecule has 22 heavy (non-hydrogen) atoms. The van der Waals surface area contributed by atoms with E-state index in [0.29, 0.717) is 19.7 Å². The van der Waals surface area contributed by atoms with Crippen molar-refractivity contribution in [3.05, 3.63) is 0 Å². The van der Waals surface area contributed by atoms with Crippen LogP contribution in [0.15, 0.2) is 0 Å². The highest BCUT2D eigenvalue weighted by molar-refractivity contribution is 5.97. The van der Waals surface area contributed by atoms with Gasteiger partial charge in [-0.25, -0.2) is 4.79 Å². The van der Waals surface area contributed by atoms with Crippen molar-refractivity contribution in [1.29, 1.82) is 0 Å². The first kappa shape index (κ1) is 16.9. The summed E-state index contributed by atoms with van der Waals surface area (Å²) in [7, 11) is 0. The highest BCUT2D eigenvalue weighted by Gasteiger charge is 2.39. The van der Waals surface area contributed by atoms with E-state index in [1.807, 2.05) is 18.7 Å². The first-order valence-electron chi connectivity index (χ1n) is 7.89. The summed E-state index contributed by atoms with van der Waals surface area (Å²) >= 11 is 0. The molecule has 1 aliphatic heterocycles. The van der Waals surface area contributed by atoms with E-state index in [2.05, 4.69) is 10.6 Å². The second-order valence-corrected chi connectivity index (χ2v) is 6.32. The Hall–Kier alpha value is -1.47. The van der Waals surface area contributed by atoms with Crippen molar-refractivity contribution >= 4 is 17.7 Å². The molecule has 2 rings (SSSR count). The number of morpholine rings is 1. The quantitative estimate of drug-likeness (QED) is 0.762. The Bertz CT molecular complexity index is 448. The number of ketones is 1. The van der Waals surface area contributed by atoms with E-state index < -0.39 is 18.2 Å². The second-order valence-electron chi connectivity index (χ2n) is 6.32. The standard InChI is InChI=1S/C15H25N3O4/c1-9(2)16-15(21)17-14(20)10(3)18-6-7-22-12(8-18)13(19)11-4-5-11/h9-12H,4-8H2,1-3H3,(H2,16,17,20,21)/t10-,12+/m1/s1. The maximum absolute atomic E-state index is 12.1. The zero-order valence-corrected chi connectivity index (χ0v) is 13.4. The van der Waals surface area contributed by atoms with Crippen LogP contribution in [-0.4, -0.2) is 60.5 Å². The smallest absolute Gasteiger partial charge is 0.321 e. The maximum Gasteiger partial charge on any atom is 0.321 e. The lowest BCUT2D eigenvalue weighted by Gasteiger charge is -2.35. The van der Waals surface area contributed by atoms with Gasteiger partial charge in [0.15, 0.2) is 5.78 Å². The number of nitrogens with one attached hydrogen (secondary N) is 2. The minimum atomic E-state index is -0.495. The lowest BCUT2D eigenvalue weighted by Crippen LogP contribution is -2.56. The summed E-state index contributed by atoms with van der Waals surface area (Å²) in [6.45, 7) is 6.80. The Morgan fingerprint density at radius 1 is 1.18 bits per heavy atom. The van der Waals surface area contributed by atoms with Crippen LogP contribution in [0.1, 0.15) is 33.6 Å². The van der Waals surface area contributed by atoms with Gasteiger partial charge in [-0.2, -0.15) is 0 Å². The van der Waals surface area contributed by atoms with Gasteiger partial charge in [0.25, 0.3) is 0 Å². The fraction of sp³-hybridized carbons (Fsp3) is 0.800. The van der Waals surface area contributed by atoms with E-state index in [1.54, 1.807) is 6.92 Å². The largest absolute Gasteiger partial charge is 0.368 e. The third-order valence-electron chi connectivity index (χ3n) is 3.98. The van der Waals surface area contributed by atoms with E-state index in [1.165, 1.54) is 0 Å². The van der Waals surface area contributed by atoms with E-state index in [0.717, 1.165) is 12.8 Å². The number of ether oxygens (including phenoxy) is 1. The van der Waals surface area contributed by atoms with Crippen molar-refractivity contribution in [3.63, 3.8) is 0 Å². The van der Waals surface area contributed by atoms with Crippen LogP contribution in [-0.2, 0) is 14.3 Å². The number of Topliss-reactive ketones (excluding diaryl/α,β-unsaturated/α-hetero) is 1. The third kappa shape index (κ3) is 4.51. The molecule has 1 aliphatic carbocycles. The zero-order valence-electron chi connectivity index (χ0n) is 13.4. The molecule has 7 heteroatoms. The SMILES string of the molecule is CC(C)NC(=O)NC(=O)[C@@H](C)N1CCO[C@H](C(=O)C2CC2)C1. The molecule has 2 aliphatic rings. The average molecular weight is 311 g/mol. The van der Waals surface area contributed by atoms with Gasteiger partial charge in [0.2, 0.25) is 5.91 Å². The zero-order chi connectivity index (χ0) is 16.3. The van der Waals surface area contributed by atoms with Crippen molar-refractivity contribution in [1.82, 2.24) is 15.5 Å². The fourth-order valence-electron chi connectivity index (χ4n) is 2.50. The van der Waals surface area contributed by atoms with Crippen molar-refractivity contribution in [2.24, 2.45) is 5.92 Å². The molecule has 3 amide bonds. The van der Waals surface area contributed by atoms with Crippen LogP contribution >= 0.6 is 0 Å². The number of hydrogen-bond acceptors (Lipinski definition) is 5. The summed E-state index contributed by atoms with van der Waals surface area (Å²) in [5.74, 6) is -0.0709. The molecule has 0 aromatic heterocycles. The lowest BCUT2D eigenvalue weighted by molar-refractivity contribution is -0.142. The summed E-state index contributed by atoms with van der Waals surface area (Å²) < 4.78 is 5.53. The van der Waals surface area contributed by atoms with E-state index in [4.69, 9.17) is 4.74 Å². The molecule has 2 fully saturated rings. The van der Waals surface area contributed by atoms with Crippen LogP contribution < -0.4 is 10.6 Å². The van der Waals surface area contributed by atoms with Crippen LogP contribution in [0.3, 0.4) is 0 Å². The Morgan fingerprint density at radius 2 is 1.86 bits per heavy atom. The van der Waals surface area contributed by atoms with Crippen LogP contribution in [0.5, 0.6) is 0 Å². The van der Waals surface area contributed by atoms with Gasteiger partial charge in [0.05, 0.1) is 12.6 Å². The molecule has 1 saturated heterocycles.